The molecule has 0 saturated heterocycles. The van der Waals surface area contributed by atoms with Gasteiger partial charge in [0.2, 0.25) is 0 Å². The van der Waals surface area contributed by atoms with Crippen LogP contribution in [0.25, 0.3) is 6.08 Å². The number of allylic oxidation sites excluding steroid dienone is 1. The van der Waals surface area contributed by atoms with Gasteiger partial charge in [-0.1, -0.05) is 0 Å². The molecule has 0 atom stereocenters. The second-order valence-corrected chi connectivity index (χ2v) is 5.30. The van der Waals surface area contributed by atoms with Crippen molar-refractivity contribution in [3.63, 3.8) is 0 Å². The van der Waals surface area contributed by atoms with E-state index < -0.39 is 0 Å². The second kappa shape index (κ2) is 2.84. The molecule has 0 spiro atoms. The molecule has 1 heterocycles. The molecule has 1 aromatic carbocycles. The molecule has 1 aliphatic heterocycles. The summed E-state index contributed by atoms with van der Waals surface area (Å²) < 4.78 is 1.57. The van der Waals surface area contributed by atoms with Crippen molar-refractivity contribution in [3.8, 4) is 0 Å². The quantitative estimate of drug-likeness (QED) is 0.575. The first-order valence-electron chi connectivity index (χ1n) is 3.75. The molecular formula is C10H10Se. The van der Waals surface area contributed by atoms with Crippen molar-refractivity contribution >= 4 is 21.0 Å². The first-order valence-corrected chi connectivity index (χ1v) is 5.82. The van der Waals surface area contributed by atoms with Crippen LogP contribution in [0, 0.1) is 0 Å². The Labute approximate surface area is 73.5 Å². The van der Waals surface area contributed by atoms with Crippen molar-refractivity contribution in [2.75, 3.05) is 0 Å². The molecule has 11 heavy (non-hydrogen) atoms. The predicted octanol–water partition coefficient (Wildman–Crippen LogP) is 2.27. The summed E-state index contributed by atoms with van der Waals surface area (Å²) in [5.74, 6) is 0. The Morgan fingerprint density at radius 2 is 2.09 bits per heavy atom. The van der Waals surface area contributed by atoms with E-state index in [1.54, 1.807) is 4.47 Å². The fraction of sp³-hybridized carbons (Fsp3) is 0.200. The molecule has 0 fully saturated rings. The summed E-state index contributed by atoms with van der Waals surface area (Å²) >= 11 is 0.717. The van der Waals surface area contributed by atoms with Gasteiger partial charge in [-0.15, -0.1) is 0 Å². The molecule has 0 aliphatic carbocycles. The first kappa shape index (κ1) is 7.15. The van der Waals surface area contributed by atoms with Gasteiger partial charge in [-0.2, -0.15) is 0 Å². The van der Waals surface area contributed by atoms with E-state index in [0.717, 1.165) is 0 Å². The second-order valence-electron chi connectivity index (χ2n) is 2.74. The van der Waals surface area contributed by atoms with Crippen LogP contribution in [0.3, 0.4) is 0 Å². The van der Waals surface area contributed by atoms with Crippen LogP contribution in [0.1, 0.15) is 18.1 Å². The Morgan fingerprint density at radius 1 is 1.27 bits per heavy atom. The van der Waals surface area contributed by atoms with Gasteiger partial charge in [-0.25, -0.2) is 0 Å². The van der Waals surface area contributed by atoms with E-state index in [1.807, 2.05) is 0 Å². The normalized spacial score (nSPS) is 15.5. The van der Waals surface area contributed by atoms with E-state index >= 15 is 0 Å². The van der Waals surface area contributed by atoms with Gasteiger partial charge in [0.1, 0.15) is 0 Å². The van der Waals surface area contributed by atoms with Crippen LogP contribution < -0.4 is 0 Å². The fourth-order valence-electron chi connectivity index (χ4n) is 1.26. The minimum absolute atomic E-state index is 0.717. The molecule has 56 valence electrons. The molecule has 0 radical (unpaired) electrons. The molecule has 1 aliphatic rings. The number of hydrogen-bond acceptors (Lipinski definition) is 0. The van der Waals surface area contributed by atoms with Gasteiger partial charge >= 0.3 is 73.1 Å². The molecule has 0 aromatic heterocycles. The maximum atomic E-state index is 2.32. The fourth-order valence-corrected chi connectivity index (χ4v) is 3.06. The van der Waals surface area contributed by atoms with Crippen LogP contribution in [0.5, 0.6) is 0 Å². The summed E-state index contributed by atoms with van der Waals surface area (Å²) in [7, 11) is 0. The maximum absolute atomic E-state index is 2.32. The number of hydrogen-bond donors (Lipinski definition) is 0. The molecule has 0 amide bonds. The van der Waals surface area contributed by atoms with Gasteiger partial charge in [-0.05, 0) is 0 Å². The summed E-state index contributed by atoms with van der Waals surface area (Å²) in [6, 6.07) is 8.68. The summed E-state index contributed by atoms with van der Waals surface area (Å²) in [5.41, 5.74) is 2.95. The van der Waals surface area contributed by atoms with Crippen molar-refractivity contribution in [2.24, 2.45) is 0 Å². The van der Waals surface area contributed by atoms with E-state index in [0.29, 0.717) is 15.0 Å². The third kappa shape index (κ3) is 1.40. The average Bonchev–Trinajstić information content (AvgIpc) is 2.04. The van der Waals surface area contributed by atoms with Crippen LogP contribution in [-0.2, 0) is 5.32 Å². The summed E-state index contributed by atoms with van der Waals surface area (Å²) in [4.78, 5) is 0. The Bertz CT molecular complexity index is 299. The first-order chi connectivity index (χ1) is 5.36. The summed E-state index contributed by atoms with van der Waals surface area (Å²) in [6.45, 7) is 2.23. The van der Waals surface area contributed by atoms with Gasteiger partial charge in [0.05, 0.1) is 0 Å². The van der Waals surface area contributed by atoms with Gasteiger partial charge < -0.3 is 0 Å². The number of rotatable bonds is 0. The van der Waals surface area contributed by atoms with Crippen LogP contribution in [0.15, 0.2) is 28.7 Å². The van der Waals surface area contributed by atoms with Gasteiger partial charge in [0, 0.05) is 0 Å². The average molecular weight is 209 g/mol. The molecule has 1 aromatic rings. The third-order valence-electron chi connectivity index (χ3n) is 1.87. The molecule has 1 heteroatoms. The number of benzene rings is 1. The Balaban J connectivity index is 2.51. The van der Waals surface area contributed by atoms with Crippen LogP contribution in [0.2, 0.25) is 0 Å². The van der Waals surface area contributed by atoms with Crippen molar-refractivity contribution in [1.82, 2.24) is 0 Å². The van der Waals surface area contributed by atoms with Crippen molar-refractivity contribution in [3.05, 3.63) is 39.9 Å². The molecular weight excluding hydrogens is 199 g/mol. The van der Waals surface area contributed by atoms with Gasteiger partial charge in [-0.3, -0.25) is 0 Å². The topological polar surface area (TPSA) is 0 Å². The molecule has 2 rings (SSSR count). The Kier molecular flexibility index (Phi) is 1.85. The van der Waals surface area contributed by atoms with Crippen molar-refractivity contribution < 1.29 is 0 Å². The zero-order valence-corrected chi connectivity index (χ0v) is 8.22. The van der Waals surface area contributed by atoms with E-state index in [2.05, 4.69) is 37.3 Å². The zero-order valence-electron chi connectivity index (χ0n) is 6.50. The van der Waals surface area contributed by atoms with E-state index in [4.69, 9.17) is 0 Å². The molecule has 0 nitrogen and oxygen atoms in total. The monoisotopic (exact) mass is 210 g/mol. The van der Waals surface area contributed by atoms with Crippen molar-refractivity contribution in [2.45, 2.75) is 12.2 Å². The Morgan fingerprint density at radius 3 is 3.00 bits per heavy atom. The van der Waals surface area contributed by atoms with Gasteiger partial charge in [0.25, 0.3) is 0 Å². The van der Waals surface area contributed by atoms with Crippen molar-refractivity contribution in [1.29, 1.82) is 0 Å². The molecule has 0 saturated carbocycles. The summed E-state index contributed by atoms with van der Waals surface area (Å²) in [6.07, 6.45) is 2.32. The van der Waals surface area contributed by atoms with Gasteiger partial charge in [0.15, 0.2) is 0 Å². The van der Waals surface area contributed by atoms with E-state index in [1.165, 1.54) is 16.4 Å². The van der Waals surface area contributed by atoms with Crippen LogP contribution in [-0.4, -0.2) is 15.0 Å². The predicted molar refractivity (Wildman–Crippen MR) is 49.6 cm³/mol. The van der Waals surface area contributed by atoms with Crippen LogP contribution in [0.4, 0.5) is 0 Å². The molecule has 0 N–H and O–H groups in total. The minimum atomic E-state index is 0.717. The third-order valence-corrected chi connectivity index (χ3v) is 4.03. The Hall–Kier alpha value is -0.521. The standard InChI is InChI=1S/C10H10Se/c1-8-6-9-4-2-3-5-10(9)7-11-8/h2-6H,7H2,1H3. The molecule has 0 bridgehead atoms. The van der Waals surface area contributed by atoms with E-state index in [9.17, 15) is 0 Å². The SMILES string of the molecule is CC1=Cc2ccccc2C[Se]1. The summed E-state index contributed by atoms with van der Waals surface area (Å²) in [5, 5.41) is 1.28. The molecule has 0 unspecified atom stereocenters. The number of fused-ring (bicyclic) bond motifs is 1. The zero-order chi connectivity index (χ0) is 7.68. The van der Waals surface area contributed by atoms with E-state index in [-0.39, 0.29) is 0 Å². The van der Waals surface area contributed by atoms with Crippen LogP contribution >= 0.6 is 0 Å².